The van der Waals surface area contributed by atoms with Crippen molar-refractivity contribution in [3.8, 4) is 5.75 Å². The van der Waals surface area contributed by atoms with Gasteiger partial charge in [0.05, 0.1) is 12.7 Å². The molecule has 0 spiro atoms. The van der Waals surface area contributed by atoms with Crippen molar-refractivity contribution in [1.82, 2.24) is 5.32 Å². The van der Waals surface area contributed by atoms with E-state index in [1.54, 1.807) is 20.1 Å². The number of rotatable bonds is 7. The van der Waals surface area contributed by atoms with Gasteiger partial charge in [-0.2, -0.15) is 0 Å². The van der Waals surface area contributed by atoms with Crippen LogP contribution in [0.1, 0.15) is 44.1 Å². The molecule has 144 valence electrons. The number of hydrogen-bond acceptors (Lipinski definition) is 6. The molecule has 0 radical (unpaired) electrons. The zero-order valence-electron chi connectivity index (χ0n) is 15.7. The summed E-state index contributed by atoms with van der Waals surface area (Å²) in [4.78, 5) is 24.0. The summed E-state index contributed by atoms with van der Waals surface area (Å²) in [7, 11) is 1.62. The van der Waals surface area contributed by atoms with Crippen LogP contribution in [0.3, 0.4) is 0 Å². The molecule has 1 saturated carbocycles. The summed E-state index contributed by atoms with van der Waals surface area (Å²) in [5, 5.41) is 12.8. The number of esters is 1. The van der Waals surface area contributed by atoms with Crippen molar-refractivity contribution >= 4 is 11.8 Å². The first-order valence-electron chi connectivity index (χ1n) is 9.09. The van der Waals surface area contributed by atoms with E-state index >= 15 is 0 Å². The Kier molecular flexibility index (Phi) is 5.65. The van der Waals surface area contributed by atoms with Crippen molar-refractivity contribution < 1.29 is 24.2 Å². The Balaban J connectivity index is 1.62. The molecular weight excluding hydrogens is 346 g/mol. The molecule has 0 bridgehead atoms. The first-order chi connectivity index (χ1) is 12.9. The molecule has 1 fully saturated rings. The Morgan fingerprint density at radius 1 is 1.33 bits per heavy atom. The number of hydrogen-bond donors (Lipinski definition) is 2. The minimum Gasteiger partial charge on any atom is -0.496 e. The molecule has 1 atom stereocenters. The van der Waals surface area contributed by atoms with E-state index in [1.807, 2.05) is 24.3 Å². The molecule has 0 aliphatic heterocycles. The minimum atomic E-state index is -0.828. The topological polar surface area (TPSA) is 84.9 Å². The van der Waals surface area contributed by atoms with Crippen molar-refractivity contribution in [3.05, 3.63) is 53.4 Å². The second-order valence-electron chi connectivity index (χ2n) is 7.27. The molecule has 2 aliphatic rings. The SMILES string of the molecule is COc1ccccc1[C@H]1CC(=O)C=C(NC(C)=CC(=O)OCC2(O)CC2)C1. The summed E-state index contributed by atoms with van der Waals surface area (Å²) in [6.45, 7) is 1.76. The van der Waals surface area contributed by atoms with Gasteiger partial charge >= 0.3 is 5.97 Å². The lowest BCUT2D eigenvalue weighted by Crippen LogP contribution is -2.22. The lowest BCUT2D eigenvalue weighted by Gasteiger charge is -2.25. The third kappa shape index (κ3) is 5.20. The molecule has 0 saturated heterocycles. The van der Waals surface area contributed by atoms with Crippen molar-refractivity contribution in [2.24, 2.45) is 0 Å². The maximum absolute atomic E-state index is 12.2. The van der Waals surface area contributed by atoms with Crippen LogP contribution in [0.5, 0.6) is 5.75 Å². The second kappa shape index (κ2) is 7.96. The van der Waals surface area contributed by atoms with Gasteiger partial charge in [0.15, 0.2) is 5.78 Å². The van der Waals surface area contributed by atoms with Gasteiger partial charge in [-0.3, -0.25) is 4.79 Å². The molecule has 3 rings (SSSR count). The summed E-state index contributed by atoms with van der Waals surface area (Å²) < 4.78 is 10.5. The average Bonchev–Trinajstić information content (AvgIpc) is 3.37. The number of nitrogens with one attached hydrogen (secondary N) is 1. The predicted molar refractivity (Wildman–Crippen MR) is 100 cm³/mol. The Bertz CT molecular complexity index is 792. The normalized spacial score (nSPS) is 21.3. The first-order valence-corrected chi connectivity index (χ1v) is 9.09. The molecule has 0 aromatic heterocycles. The van der Waals surface area contributed by atoms with Crippen LogP contribution >= 0.6 is 0 Å². The van der Waals surface area contributed by atoms with Crippen LogP contribution in [0.4, 0.5) is 0 Å². The largest absolute Gasteiger partial charge is 0.496 e. The highest BCUT2D eigenvalue weighted by Gasteiger charge is 2.41. The highest BCUT2D eigenvalue weighted by atomic mass is 16.5. The third-order valence-corrected chi connectivity index (χ3v) is 4.83. The molecule has 6 heteroatoms. The van der Waals surface area contributed by atoms with Crippen molar-refractivity contribution in [2.75, 3.05) is 13.7 Å². The van der Waals surface area contributed by atoms with E-state index in [9.17, 15) is 14.7 Å². The van der Waals surface area contributed by atoms with Crippen molar-refractivity contribution in [2.45, 2.75) is 44.1 Å². The van der Waals surface area contributed by atoms with E-state index in [2.05, 4.69) is 5.32 Å². The summed E-state index contributed by atoms with van der Waals surface area (Å²) in [5.74, 6) is 0.311. The zero-order valence-corrected chi connectivity index (χ0v) is 15.7. The van der Waals surface area contributed by atoms with Gasteiger partial charge in [0.25, 0.3) is 0 Å². The summed E-state index contributed by atoms with van der Waals surface area (Å²) in [6, 6.07) is 7.70. The van der Waals surface area contributed by atoms with E-state index in [0.717, 1.165) is 17.0 Å². The monoisotopic (exact) mass is 371 g/mol. The van der Waals surface area contributed by atoms with Crippen LogP contribution in [-0.2, 0) is 14.3 Å². The van der Waals surface area contributed by atoms with Crippen molar-refractivity contribution in [1.29, 1.82) is 0 Å². The summed E-state index contributed by atoms with van der Waals surface area (Å²) >= 11 is 0. The lowest BCUT2D eigenvalue weighted by atomic mass is 9.85. The lowest BCUT2D eigenvalue weighted by molar-refractivity contribution is -0.141. The molecule has 2 aliphatic carbocycles. The van der Waals surface area contributed by atoms with Crippen LogP contribution in [-0.4, -0.2) is 36.2 Å². The molecule has 1 aromatic rings. The number of carbonyl (C=O) groups is 2. The van der Waals surface area contributed by atoms with Gasteiger partial charge < -0.3 is 19.9 Å². The Morgan fingerprint density at radius 2 is 2.07 bits per heavy atom. The molecular formula is C21H25NO5. The third-order valence-electron chi connectivity index (χ3n) is 4.83. The second-order valence-corrected chi connectivity index (χ2v) is 7.27. The molecule has 0 heterocycles. The molecule has 6 nitrogen and oxygen atoms in total. The van der Waals surface area contributed by atoms with Crippen LogP contribution in [0.15, 0.2) is 47.8 Å². The Hall–Kier alpha value is -2.60. The fraction of sp³-hybridized carbons (Fsp3) is 0.429. The van der Waals surface area contributed by atoms with Gasteiger partial charge in [-0.25, -0.2) is 4.79 Å². The minimum absolute atomic E-state index is 0.0185. The van der Waals surface area contributed by atoms with E-state index < -0.39 is 11.6 Å². The van der Waals surface area contributed by atoms with Gasteiger partial charge in [-0.05, 0) is 37.8 Å². The van der Waals surface area contributed by atoms with E-state index in [-0.39, 0.29) is 18.3 Å². The molecule has 2 N–H and O–H groups in total. The predicted octanol–water partition coefficient (Wildman–Crippen LogP) is 2.59. The van der Waals surface area contributed by atoms with Gasteiger partial charge in [-0.15, -0.1) is 0 Å². The Morgan fingerprint density at radius 3 is 2.78 bits per heavy atom. The molecule has 0 amide bonds. The number of methoxy groups -OCH3 is 1. The molecule has 0 unspecified atom stereocenters. The van der Waals surface area contributed by atoms with Gasteiger partial charge in [0.2, 0.25) is 0 Å². The fourth-order valence-corrected chi connectivity index (χ4v) is 3.21. The number of ether oxygens (including phenoxy) is 2. The number of benzene rings is 1. The summed E-state index contributed by atoms with van der Waals surface area (Å²) in [5.41, 5.74) is 1.51. The number of ketones is 1. The quantitative estimate of drug-likeness (QED) is 0.566. The number of allylic oxidation sites excluding steroid dienone is 3. The van der Waals surface area contributed by atoms with Crippen LogP contribution < -0.4 is 10.1 Å². The molecule has 27 heavy (non-hydrogen) atoms. The van der Waals surface area contributed by atoms with Gasteiger partial charge in [-0.1, -0.05) is 18.2 Å². The van der Waals surface area contributed by atoms with Crippen LogP contribution in [0.2, 0.25) is 0 Å². The highest BCUT2D eigenvalue weighted by molar-refractivity contribution is 5.92. The van der Waals surface area contributed by atoms with Gasteiger partial charge in [0.1, 0.15) is 12.4 Å². The maximum Gasteiger partial charge on any atom is 0.332 e. The maximum atomic E-state index is 12.2. The van der Waals surface area contributed by atoms with Gasteiger partial charge in [0, 0.05) is 35.9 Å². The van der Waals surface area contributed by atoms with Crippen molar-refractivity contribution in [3.63, 3.8) is 0 Å². The molecule has 1 aromatic carbocycles. The first kappa shape index (κ1) is 19.2. The number of carbonyl (C=O) groups excluding carboxylic acids is 2. The standard InChI is InChI=1S/C21H25NO5/c1-14(9-20(24)27-13-21(25)7-8-21)22-16-10-15(11-17(23)12-16)18-5-3-4-6-19(18)26-2/h3-6,9,12,15,22,25H,7-8,10-11,13H2,1-2H3/t15-/m1/s1. The van der Waals surface area contributed by atoms with E-state index in [4.69, 9.17) is 9.47 Å². The summed E-state index contributed by atoms with van der Waals surface area (Å²) in [6.07, 6.45) is 5.33. The smallest absolute Gasteiger partial charge is 0.332 e. The van der Waals surface area contributed by atoms with Crippen LogP contribution in [0, 0.1) is 0 Å². The average molecular weight is 371 g/mol. The van der Waals surface area contributed by atoms with E-state index in [0.29, 0.717) is 31.4 Å². The Labute approximate surface area is 158 Å². The zero-order chi connectivity index (χ0) is 19.4. The number of aliphatic hydroxyl groups is 1. The highest BCUT2D eigenvalue weighted by Crippen LogP contribution is 2.36. The number of para-hydroxylation sites is 1. The van der Waals surface area contributed by atoms with E-state index in [1.165, 1.54) is 6.08 Å². The fourth-order valence-electron chi connectivity index (χ4n) is 3.21. The van der Waals surface area contributed by atoms with Crippen LogP contribution in [0.25, 0.3) is 0 Å².